The molecule has 2 aliphatic rings. The smallest absolute Gasteiger partial charge is 0.308 e. The Labute approximate surface area is 97.6 Å². The molecule has 0 amide bonds. The van der Waals surface area contributed by atoms with E-state index in [9.17, 15) is 4.79 Å². The van der Waals surface area contributed by atoms with E-state index in [0.717, 1.165) is 12.8 Å². The Bertz CT molecular complexity index is 265. The van der Waals surface area contributed by atoms with Gasteiger partial charge in [0.15, 0.2) is 0 Å². The maximum atomic E-state index is 10.9. The molecule has 2 rings (SSSR count). The van der Waals surface area contributed by atoms with Crippen molar-refractivity contribution in [3.63, 3.8) is 0 Å². The lowest BCUT2D eigenvalue weighted by Gasteiger charge is -2.41. The third kappa shape index (κ3) is 2.57. The second-order valence-corrected chi connectivity index (χ2v) is 6.23. The van der Waals surface area contributed by atoms with Gasteiger partial charge in [-0.1, -0.05) is 13.8 Å². The highest BCUT2D eigenvalue weighted by atomic mass is 16.4. The third-order valence-corrected chi connectivity index (χ3v) is 4.38. The van der Waals surface area contributed by atoms with Gasteiger partial charge in [-0.05, 0) is 43.9 Å². The van der Waals surface area contributed by atoms with E-state index in [4.69, 9.17) is 5.11 Å². The Balaban J connectivity index is 1.77. The zero-order valence-corrected chi connectivity index (χ0v) is 10.3. The number of carboxylic acid groups (broad SMARTS) is 1. The number of aliphatic carboxylic acids is 1. The molecule has 2 atom stereocenters. The normalized spacial score (nSPS) is 34.4. The van der Waals surface area contributed by atoms with Crippen molar-refractivity contribution < 1.29 is 9.90 Å². The Kier molecular flexibility index (Phi) is 3.24. The first-order chi connectivity index (χ1) is 7.48. The van der Waals surface area contributed by atoms with Gasteiger partial charge < -0.3 is 10.4 Å². The van der Waals surface area contributed by atoms with Crippen molar-refractivity contribution in [2.45, 2.75) is 64.5 Å². The van der Waals surface area contributed by atoms with Gasteiger partial charge in [-0.25, -0.2) is 0 Å². The van der Waals surface area contributed by atoms with Crippen LogP contribution >= 0.6 is 0 Å². The van der Waals surface area contributed by atoms with Crippen molar-refractivity contribution in [2.75, 3.05) is 0 Å². The predicted octanol–water partition coefficient (Wildman–Crippen LogP) is 2.41. The molecule has 3 nitrogen and oxygen atoms in total. The Morgan fingerprint density at radius 1 is 1.19 bits per heavy atom. The monoisotopic (exact) mass is 225 g/mol. The molecule has 2 unspecified atom stereocenters. The first kappa shape index (κ1) is 11.9. The fourth-order valence-electron chi connectivity index (χ4n) is 2.86. The molecule has 0 aromatic heterocycles. The van der Waals surface area contributed by atoms with Crippen LogP contribution in [0.2, 0.25) is 0 Å². The standard InChI is InChI=1S/C13H23NO2/c1-13(2)7-5-9(6-8-13)14-11-4-3-10(11)12(15)16/h9-11,14H,3-8H2,1-2H3,(H,15,16). The lowest BCUT2D eigenvalue weighted by Crippen LogP contribution is -2.52. The molecule has 0 heterocycles. The maximum absolute atomic E-state index is 10.9. The highest BCUT2D eigenvalue weighted by Crippen LogP contribution is 2.36. The zero-order valence-electron chi connectivity index (χ0n) is 10.3. The summed E-state index contributed by atoms with van der Waals surface area (Å²) >= 11 is 0. The average Bonchev–Trinajstić information content (AvgIpc) is 2.13. The SMILES string of the molecule is CC1(C)CCC(NC2CCC2C(=O)O)CC1. The van der Waals surface area contributed by atoms with Crippen molar-refractivity contribution >= 4 is 5.97 Å². The largest absolute Gasteiger partial charge is 0.481 e. The molecule has 0 aromatic rings. The van der Waals surface area contributed by atoms with Crippen LogP contribution < -0.4 is 5.32 Å². The zero-order chi connectivity index (χ0) is 11.8. The van der Waals surface area contributed by atoms with E-state index < -0.39 is 5.97 Å². The summed E-state index contributed by atoms with van der Waals surface area (Å²) in [6.07, 6.45) is 6.82. The quantitative estimate of drug-likeness (QED) is 0.775. The number of hydrogen-bond acceptors (Lipinski definition) is 2. The fraction of sp³-hybridized carbons (Fsp3) is 0.923. The van der Waals surface area contributed by atoms with Gasteiger partial charge in [0.2, 0.25) is 0 Å². The van der Waals surface area contributed by atoms with Gasteiger partial charge in [-0.2, -0.15) is 0 Å². The van der Waals surface area contributed by atoms with Crippen molar-refractivity contribution in [1.82, 2.24) is 5.32 Å². The number of hydrogen-bond donors (Lipinski definition) is 2. The number of nitrogens with one attached hydrogen (secondary N) is 1. The average molecular weight is 225 g/mol. The van der Waals surface area contributed by atoms with E-state index in [2.05, 4.69) is 19.2 Å². The predicted molar refractivity (Wildman–Crippen MR) is 63.3 cm³/mol. The molecular formula is C13H23NO2. The third-order valence-electron chi connectivity index (χ3n) is 4.38. The van der Waals surface area contributed by atoms with Gasteiger partial charge >= 0.3 is 5.97 Å². The lowest BCUT2D eigenvalue weighted by atomic mass is 9.74. The number of rotatable bonds is 3. The van der Waals surface area contributed by atoms with Crippen LogP contribution in [0.3, 0.4) is 0 Å². The van der Waals surface area contributed by atoms with Gasteiger partial charge in [0.25, 0.3) is 0 Å². The van der Waals surface area contributed by atoms with Crippen molar-refractivity contribution in [3.8, 4) is 0 Å². The molecule has 0 aliphatic heterocycles. The molecule has 2 saturated carbocycles. The highest BCUT2D eigenvalue weighted by molar-refractivity contribution is 5.72. The minimum Gasteiger partial charge on any atom is -0.481 e. The van der Waals surface area contributed by atoms with Gasteiger partial charge in [0.1, 0.15) is 0 Å². The minimum atomic E-state index is -0.625. The molecule has 2 N–H and O–H groups in total. The first-order valence-electron chi connectivity index (χ1n) is 6.47. The summed E-state index contributed by atoms with van der Waals surface area (Å²) in [4.78, 5) is 10.9. The van der Waals surface area contributed by atoms with Crippen LogP contribution in [-0.2, 0) is 4.79 Å². The van der Waals surface area contributed by atoms with E-state index in [-0.39, 0.29) is 12.0 Å². The Morgan fingerprint density at radius 3 is 2.25 bits per heavy atom. The molecule has 0 bridgehead atoms. The second kappa shape index (κ2) is 4.36. The van der Waals surface area contributed by atoms with Crippen LogP contribution in [0.1, 0.15) is 52.4 Å². The van der Waals surface area contributed by atoms with Gasteiger partial charge in [-0.3, -0.25) is 4.79 Å². The summed E-state index contributed by atoms with van der Waals surface area (Å²) in [5.74, 6) is -0.755. The molecule has 0 saturated heterocycles. The minimum absolute atomic E-state index is 0.130. The summed E-state index contributed by atoms with van der Waals surface area (Å²) in [5, 5.41) is 12.5. The van der Waals surface area contributed by atoms with Crippen molar-refractivity contribution in [3.05, 3.63) is 0 Å². The van der Waals surface area contributed by atoms with Crippen LogP contribution in [0.25, 0.3) is 0 Å². The fourth-order valence-corrected chi connectivity index (χ4v) is 2.86. The number of carbonyl (C=O) groups is 1. The summed E-state index contributed by atoms with van der Waals surface area (Å²) in [6.45, 7) is 4.65. The van der Waals surface area contributed by atoms with Crippen molar-refractivity contribution in [2.24, 2.45) is 11.3 Å². The molecule has 0 radical (unpaired) electrons. The Morgan fingerprint density at radius 2 is 1.81 bits per heavy atom. The van der Waals surface area contributed by atoms with E-state index >= 15 is 0 Å². The maximum Gasteiger partial charge on any atom is 0.308 e. The summed E-state index contributed by atoms with van der Waals surface area (Å²) in [7, 11) is 0. The molecule has 92 valence electrons. The van der Waals surface area contributed by atoms with Gasteiger partial charge in [0.05, 0.1) is 5.92 Å². The van der Waals surface area contributed by atoms with Crippen molar-refractivity contribution in [1.29, 1.82) is 0 Å². The molecular weight excluding hydrogens is 202 g/mol. The molecule has 0 aromatic carbocycles. The summed E-state index contributed by atoms with van der Waals surface area (Å²) in [5.41, 5.74) is 0.490. The molecule has 16 heavy (non-hydrogen) atoms. The molecule has 3 heteroatoms. The molecule has 2 aliphatic carbocycles. The van der Waals surface area contributed by atoms with Crippen LogP contribution in [0, 0.1) is 11.3 Å². The van der Waals surface area contributed by atoms with Gasteiger partial charge in [-0.15, -0.1) is 0 Å². The van der Waals surface area contributed by atoms with Crippen LogP contribution in [0.5, 0.6) is 0 Å². The summed E-state index contributed by atoms with van der Waals surface area (Å²) < 4.78 is 0. The molecule has 0 spiro atoms. The van der Waals surface area contributed by atoms with E-state index in [1.54, 1.807) is 0 Å². The Hall–Kier alpha value is -0.570. The van der Waals surface area contributed by atoms with E-state index in [1.165, 1.54) is 25.7 Å². The van der Waals surface area contributed by atoms with E-state index in [0.29, 0.717) is 11.5 Å². The van der Waals surface area contributed by atoms with Crippen LogP contribution in [0.4, 0.5) is 0 Å². The van der Waals surface area contributed by atoms with E-state index in [1.807, 2.05) is 0 Å². The van der Waals surface area contributed by atoms with Gasteiger partial charge in [0, 0.05) is 12.1 Å². The van der Waals surface area contributed by atoms with Crippen LogP contribution in [0.15, 0.2) is 0 Å². The highest BCUT2D eigenvalue weighted by Gasteiger charge is 2.38. The number of carboxylic acids is 1. The van der Waals surface area contributed by atoms with Crippen LogP contribution in [-0.4, -0.2) is 23.2 Å². The topological polar surface area (TPSA) is 49.3 Å². The second-order valence-electron chi connectivity index (χ2n) is 6.23. The molecule has 2 fully saturated rings. The lowest BCUT2D eigenvalue weighted by molar-refractivity contribution is -0.146. The summed E-state index contributed by atoms with van der Waals surface area (Å²) in [6, 6.07) is 0.795. The first-order valence-corrected chi connectivity index (χ1v) is 6.47.